The molecule has 0 radical (unpaired) electrons. The number of carboxylic acids is 1. The van der Waals surface area contributed by atoms with E-state index in [9.17, 15) is 24.3 Å². The molecule has 144 valence electrons. The zero-order valence-electron chi connectivity index (χ0n) is 15.3. The molecule has 0 saturated carbocycles. The summed E-state index contributed by atoms with van der Waals surface area (Å²) in [4.78, 5) is 23.6. The van der Waals surface area contributed by atoms with E-state index in [4.69, 9.17) is 4.42 Å². The maximum atomic E-state index is 13.7. The smallest absolute Gasteiger partial charge is 0.335 e. The van der Waals surface area contributed by atoms with E-state index in [-0.39, 0.29) is 22.6 Å². The number of hydrogen-bond acceptors (Lipinski definition) is 4. The molecular formula is C22H15FN2O4. The van der Waals surface area contributed by atoms with E-state index in [1.807, 2.05) is 0 Å². The number of carbonyl (C=O) groups is 2. The second-order valence-electron chi connectivity index (χ2n) is 6.09. The van der Waals surface area contributed by atoms with Crippen molar-refractivity contribution in [3.63, 3.8) is 0 Å². The molecule has 1 heterocycles. The van der Waals surface area contributed by atoms with Crippen LogP contribution in [-0.2, 0) is 4.79 Å². The van der Waals surface area contributed by atoms with Crippen LogP contribution in [0.1, 0.15) is 21.7 Å². The Balaban J connectivity index is 1.88. The summed E-state index contributed by atoms with van der Waals surface area (Å²) in [5.41, 5.74) is 0.949. The SMILES string of the molecule is Cc1c(C(=O)O)cccc1-c1ccc(/C=C(/C#N)C(=O)Nc2ccccc2F)o1. The molecule has 0 bridgehead atoms. The summed E-state index contributed by atoms with van der Waals surface area (Å²) >= 11 is 0. The summed E-state index contributed by atoms with van der Waals surface area (Å²) in [5, 5.41) is 20.9. The predicted octanol–water partition coefficient (Wildman–Crippen LogP) is 4.64. The molecule has 3 aromatic rings. The quantitative estimate of drug-likeness (QED) is 0.488. The molecule has 7 heteroatoms. The minimum Gasteiger partial charge on any atom is -0.478 e. The van der Waals surface area contributed by atoms with Gasteiger partial charge in [0.2, 0.25) is 0 Å². The Morgan fingerprint density at radius 1 is 1.14 bits per heavy atom. The summed E-state index contributed by atoms with van der Waals surface area (Å²) in [6, 6.07) is 15.4. The van der Waals surface area contributed by atoms with Gasteiger partial charge in [-0.25, -0.2) is 9.18 Å². The first-order valence-corrected chi connectivity index (χ1v) is 8.51. The van der Waals surface area contributed by atoms with Gasteiger partial charge in [-0.1, -0.05) is 24.3 Å². The van der Waals surface area contributed by atoms with Crippen LogP contribution < -0.4 is 5.32 Å². The fourth-order valence-corrected chi connectivity index (χ4v) is 2.75. The number of carboxylic acid groups (broad SMARTS) is 1. The van der Waals surface area contributed by atoms with Crippen LogP contribution in [0.25, 0.3) is 17.4 Å². The molecule has 0 aliphatic rings. The third kappa shape index (κ3) is 4.22. The summed E-state index contributed by atoms with van der Waals surface area (Å²) in [6.07, 6.45) is 1.23. The highest BCUT2D eigenvalue weighted by Gasteiger charge is 2.15. The number of nitrogens with zero attached hydrogens (tertiary/aromatic N) is 1. The molecule has 0 spiro atoms. The molecule has 3 rings (SSSR count). The molecule has 2 N–H and O–H groups in total. The monoisotopic (exact) mass is 390 g/mol. The Bertz CT molecular complexity index is 1170. The summed E-state index contributed by atoms with van der Waals surface area (Å²) in [7, 11) is 0. The van der Waals surface area contributed by atoms with Crippen molar-refractivity contribution < 1.29 is 23.5 Å². The molecule has 0 saturated heterocycles. The maximum Gasteiger partial charge on any atom is 0.335 e. The third-order valence-corrected chi connectivity index (χ3v) is 4.23. The minimum absolute atomic E-state index is 0.0418. The van der Waals surface area contributed by atoms with Gasteiger partial charge in [0.25, 0.3) is 5.91 Å². The van der Waals surface area contributed by atoms with Crippen molar-refractivity contribution >= 4 is 23.6 Å². The van der Waals surface area contributed by atoms with Crippen molar-refractivity contribution in [3.05, 3.63) is 82.9 Å². The third-order valence-electron chi connectivity index (χ3n) is 4.23. The molecule has 0 atom stereocenters. The number of hydrogen-bond donors (Lipinski definition) is 2. The van der Waals surface area contributed by atoms with Crippen LogP contribution in [0.5, 0.6) is 0 Å². The Morgan fingerprint density at radius 2 is 1.90 bits per heavy atom. The van der Waals surface area contributed by atoms with Crippen molar-refractivity contribution in [1.82, 2.24) is 0 Å². The molecule has 2 aromatic carbocycles. The van der Waals surface area contributed by atoms with Gasteiger partial charge in [0.15, 0.2) is 0 Å². The first kappa shape index (κ1) is 19.6. The summed E-state index contributed by atoms with van der Waals surface area (Å²) < 4.78 is 19.4. The van der Waals surface area contributed by atoms with Crippen LogP contribution in [0.4, 0.5) is 10.1 Å². The van der Waals surface area contributed by atoms with Gasteiger partial charge in [-0.3, -0.25) is 4.79 Å². The number of benzene rings is 2. The molecule has 1 aromatic heterocycles. The summed E-state index contributed by atoms with van der Waals surface area (Å²) in [5.74, 6) is -1.83. The lowest BCUT2D eigenvalue weighted by Gasteiger charge is -2.06. The van der Waals surface area contributed by atoms with E-state index in [2.05, 4.69) is 5.32 Å². The van der Waals surface area contributed by atoms with Crippen molar-refractivity contribution in [2.45, 2.75) is 6.92 Å². The van der Waals surface area contributed by atoms with E-state index in [1.165, 1.54) is 30.3 Å². The van der Waals surface area contributed by atoms with Crippen LogP contribution >= 0.6 is 0 Å². The average Bonchev–Trinajstić information content (AvgIpc) is 3.16. The second kappa shape index (κ2) is 8.23. The van der Waals surface area contributed by atoms with Crippen molar-refractivity contribution in [2.24, 2.45) is 0 Å². The molecule has 0 unspecified atom stereocenters. The number of anilines is 1. The highest BCUT2D eigenvalue weighted by atomic mass is 19.1. The van der Waals surface area contributed by atoms with Gasteiger partial charge in [0.05, 0.1) is 11.3 Å². The van der Waals surface area contributed by atoms with Crippen LogP contribution in [0.2, 0.25) is 0 Å². The van der Waals surface area contributed by atoms with E-state index in [1.54, 1.807) is 43.3 Å². The topological polar surface area (TPSA) is 103 Å². The standard InChI is InChI=1S/C22H15FN2O4/c1-13-16(5-4-6-17(13)22(27)28)20-10-9-15(29-20)11-14(12-24)21(26)25-19-8-3-2-7-18(19)23/h2-11H,1H3,(H,25,26)(H,27,28)/b14-11-. The van der Waals surface area contributed by atoms with Gasteiger partial charge in [-0.2, -0.15) is 5.26 Å². The minimum atomic E-state index is -1.05. The van der Waals surface area contributed by atoms with E-state index in [0.29, 0.717) is 16.9 Å². The number of halogens is 1. The van der Waals surface area contributed by atoms with Crippen LogP contribution in [0.15, 0.2) is 64.6 Å². The van der Waals surface area contributed by atoms with Crippen LogP contribution in [0.3, 0.4) is 0 Å². The Hall–Kier alpha value is -4.18. The molecule has 1 amide bonds. The van der Waals surface area contributed by atoms with E-state index in [0.717, 1.165) is 0 Å². The predicted molar refractivity (Wildman–Crippen MR) is 104 cm³/mol. The molecule has 6 nitrogen and oxygen atoms in total. The normalized spacial score (nSPS) is 11.0. The molecule has 0 fully saturated rings. The van der Waals surface area contributed by atoms with Gasteiger partial charge in [0, 0.05) is 11.6 Å². The zero-order chi connectivity index (χ0) is 21.0. The fourth-order valence-electron chi connectivity index (χ4n) is 2.75. The van der Waals surface area contributed by atoms with Crippen LogP contribution in [0, 0.1) is 24.1 Å². The number of furan rings is 1. The number of rotatable bonds is 5. The molecule has 29 heavy (non-hydrogen) atoms. The number of carbonyl (C=O) groups excluding carboxylic acids is 1. The zero-order valence-corrected chi connectivity index (χ0v) is 15.3. The number of nitrogens with one attached hydrogen (secondary N) is 1. The first-order chi connectivity index (χ1) is 13.9. The van der Waals surface area contributed by atoms with Gasteiger partial charge in [0.1, 0.15) is 29.0 Å². The van der Waals surface area contributed by atoms with Gasteiger partial charge in [-0.15, -0.1) is 0 Å². The lowest BCUT2D eigenvalue weighted by atomic mass is 10.0. The number of aromatic carboxylic acids is 1. The van der Waals surface area contributed by atoms with Crippen molar-refractivity contribution in [3.8, 4) is 17.4 Å². The molecular weight excluding hydrogens is 375 g/mol. The second-order valence-corrected chi connectivity index (χ2v) is 6.09. The first-order valence-electron chi connectivity index (χ1n) is 8.51. The van der Waals surface area contributed by atoms with Crippen molar-refractivity contribution in [1.29, 1.82) is 5.26 Å². The van der Waals surface area contributed by atoms with E-state index < -0.39 is 17.7 Å². The maximum absolute atomic E-state index is 13.7. The fraction of sp³-hybridized carbons (Fsp3) is 0.0455. The Morgan fingerprint density at radius 3 is 2.59 bits per heavy atom. The lowest BCUT2D eigenvalue weighted by molar-refractivity contribution is -0.112. The molecule has 0 aliphatic carbocycles. The van der Waals surface area contributed by atoms with Crippen LogP contribution in [-0.4, -0.2) is 17.0 Å². The van der Waals surface area contributed by atoms with Gasteiger partial charge < -0.3 is 14.8 Å². The Labute approximate surface area is 165 Å². The number of amides is 1. The van der Waals surface area contributed by atoms with Gasteiger partial charge in [-0.05, 0) is 42.8 Å². The summed E-state index contributed by atoms with van der Waals surface area (Å²) in [6.45, 7) is 1.67. The molecule has 0 aliphatic heterocycles. The van der Waals surface area contributed by atoms with E-state index >= 15 is 0 Å². The highest BCUT2D eigenvalue weighted by Crippen LogP contribution is 2.28. The Kier molecular flexibility index (Phi) is 5.56. The number of nitriles is 1. The average molecular weight is 390 g/mol. The largest absolute Gasteiger partial charge is 0.478 e. The van der Waals surface area contributed by atoms with Crippen molar-refractivity contribution in [2.75, 3.05) is 5.32 Å². The van der Waals surface area contributed by atoms with Gasteiger partial charge >= 0.3 is 5.97 Å². The number of para-hydroxylation sites is 1. The lowest BCUT2D eigenvalue weighted by Crippen LogP contribution is -2.14. The highest BCUT2D eigenvalue weighted by molar-refractivity contribution is 6.09.